The third-order valence-electron chi connectivity index (χ3n) is 4.96. The first-order chi connectivity index (χ1) is 14.0. The number of aromatic nitrogens is 3. The van der Waals surface area contributed by atoms with Crippen molar-refractivity contribution in [2.24, 2.45) is 5.92 Å². The Bertz CT molecular complexity index is 1020. The van der Waals surface area contributed by atoms with Crippen molar-refractivity contribution in [3.05, 3.63) is 40.9 Å². The molecule has 0 radical (unpaired) electrons. The zero-order valence-corrected chi connectivity index (χ0v) is 17.1. The fourth-order valence-electron chi connectivity index (χ4n) is 3.44. The van der Waals surface area contributed by atoms with Crippen molar-refractivity contribution >= 4 is 28.1 Å². The van der Waals surface area contributed by atoms with Crippen LogP contribution in [0.1, 0.15) is 31.3 Å². The zero-order valence-electron chi connectivity index (χ0n) is 16.3. The van der Waals surface area contributed by atoms with Gasteiger partial charge in [0.2, 0.25) is 5.91 Å². The lowest BCUT2D eigenvalue weighted by atomic mass is 9.96. The largest absolute Gasteiger partial charge is 0.368 e. The first kappa shape index (κ1) is 19.5. The van der Waals surface area contributed by atoms with Crippen molar-refractivity contribution in [3.8, 4) is 11.5 Å². The Labute approximate surface area is 172 Å². The van der Waals surface area contributed by atoms with Gasteiger partial charge in [-0.3, -0.25) is 4.79 Å². The van der Waals surface area contributed by atoms with E-state index < -0.39 is 0 Å². The van der Waals surface area contributed by atoms with Gasteiger partial charge in [0, 0.05) is 30.5 Å². The summed E-state index contributed by atoms with van der Waals surface area (Å²) in [7, 11) is 0. The molecule has 1 aromatic carbocycles. The second-order valence-corrected chi connectivity index (χ2v) is 7.96. The summed E-state index contributed by atoms with van der Waals surface area (Å²) < 4.78 is 20.0. The molecule has 7 nitrogen and oxygen atoms in total. The maximum absolute atomic E-state index is 14.8. The van der Waals surface area contributed by atoms with Crippen LogP contribution in [0.2, 0.25) is 0 Å². The van der Waals surface area contributed by atoms with Gasteiger partial charge in [0.25, 0.3) is 5.89 Å². The minimum absolute atomic E-state index is 0.0703. The monoisotopic (exact) mass is 415 g/mol. The number of anilines is 2. The number of carbonyl (C=O) groups excluding carboxylic acids is 1. The van der Waals surface area contributed by atoms with Crippen molar-refractivity contribution in [2.45, 2.75) is 33.1 Å². The molecule has 3 aromatic rings. The Kier molecular flexibility index (Phi) is 5.57. The van der Waals surface area contributed by atoms with Crippen LogP contribution in [-0.2, 0) is 11.2 Å². The molecular weight excluding hydrogens is 393 g/mol. The summed E-state index contributed by atoms with van der Waals surface area (Å²) in [4.78, 5) is 23.1. The van der Waals surface area contributed by atoms with E-state index in [0.29, 0.717) is 47.6 Å². The van der Waals surface area contributed by atoms with Crippen LogP contribution in [0.15, 0.2) is 28.1 Å². The number of nitrogens with one attached hydrogen (secondary N) is 1. The lowest BCUT2D eigenvalue weighted by Gasteiger charge is -2.33. The van der Waals surface area contributed by atoms with Gasteiger partial charge in [-0.2, -0.15) is 4.98 Å². The van der Waals surface area contributed by atoms with E-state index in [1.807, 2.05) is 24.1 Å². The molecule has 0 aliphatic carbocycles. The molecule has 1 N–H and O–H groups in total. The van der Waals surface area contributed by atoms with E-state index in [4.69, 9.17) is 4.52 Å². The molecule has 2 aromatic heterocycles. The molecule has 0 saturated carbocycles. The topological polar surface area (TPSA) is 84.2 Å². The standard InChI is InChI=1S/C20H22FN5O2S/c1-3-17-23-19(28-25-17)13-6-7-16(15(21)9-13)26-8-4-5-14(10-26)18(27)24-20-22-12(2)11-29-20/h6-7,9,11,14H,3-5,8,10H2,1-2H3,(H,22,24,27). The lowest BCUT2D eigenvalue weighted by Crippen LogP contribution is -2.41. The van der Waals surface area contributed by atoms with Gasteiger partial charge < -0.3 is 14.7 Å². The van der Waals surface area contributed by atoms with E-state index in [-0.39, 0.29) is 17.6 Å². The zero-order chi connectivity index (χ0) is 20.4. The lowest BCUT2D eigenvalue weighted by molar-refractivity contribution is -0.120. The third kappa shape index (κ3) is 4.29. The number of piperidine rings is 1. The quantitative estimate of drug-likeness (QED) is 0.677. The summed E-state index contributed by atoms with van der Waals surface area (Å²) in [5.41, 5.74) is 1.90. The highest BCUT2D eigenvalue weighted by molar-refractivity contribution is 7.13. The summed E-state index contributed by atoms with van der Waals surface area (Å²) in [6.45, 7) is 4.99. The number of aryl methyl sites for hydroxylation is 2. The van der Waals surface area contributed by atoms with Crippen LogP contribution >= 0.6 is 11.3 Å². The summed E-state index contributed by atoms with van der Waals surface area (Å²) in [5.74, 6) is 0.246. The average Bonchev–Trinajstić information content (AvgIpc) is 3.37. The molecule has 1 aliphatic rings. The molecule has 1 atom stereocenters. The number of hydrogen-bond donors (Lipinski definition) is 1. The van der Waals surface area contributed by atoms with E-state index in [9.17, 15) is 9.18 Å². The Hall–Kier alpha value is -2.81. The summed E-state index contributed by atoms with van der Waals surface area (Å²) in [6.07, 6.45) is 2.25. The second-order valence-electron chi connectivity index (χ2n) is 7.10. The van der Waals surface area contributed by atoms with Gasteiger partial charge in [0.05, 0.1) is 17.3 Å². The van der Waals surface area contributed by atoms with Crippen molar-refractivity contribution in [3.63, 3.8) is 0 Å². The van der Waals surface area contributed by atoms with Crippen molar-refractivity contribution in [1.29, 1.82) is 0 Å². The number of hydrogen-bond acceptors (Lipinski definition) is 7. The van der Waals surface area contributed by atoms with Gasteiger partial charge >= 0.3 is 0 Å². The molecule has 1 unspecified atom stereocenters. The Morgan fingerprint density at radius 2 is 2.28 bits per heavy atom. The number of nitrogens with zero attached hydrogens (tertiary/aromatic N) is 4. The second kappa shape index (κ2) is 8.28. The maximum atomic E-state index is 14.8. The molecule has 1 amide bonds. The highest BCUT2D eigenvalue weighted by Gasteiger charge is 2.28. The van der Waals surface area contributed by atoms with E-state index in [2.05, 4.69) is 20.4 Å². The number of halogens is 1. The summed E-state index contributed by atoms with van der Waals surface area (Å²) >= 11 is 1.41. The van der Waals surface area contributed by atoms with Crippen LogP contribution in [0.4, 0.5) is 15.2 Å². The number of benzene rings is 1. The molecule has 3 heterocycles. The summed E-state index contributed by atoms with van der Waals surface area (Å²) in [5, 5.41) is 9.23. The van der Waals surface area contributed by atoms with E-state index in [1.165, 1.54) is 17.4 Å². The fraction of sp³-hybridized carbons (Fsp3) is 0.400. The molecule has 152 valence electrons. The SMILES string of the molecule is CCc1noc(-c2ccc(N3CCCC(C(=O)Nc4nc(C)cs4)C3)c(F)c2)n1. The molecular formula is C20H22FN5O2S. The number of rotatable bonds is 5. The minimum Gasteiger partial charge on any atom is -0.368 e. The third-order valence-corrected chi connectivity index (χ3v) is 5.84. The molecule has 4 rings (SSSR count). The van der Waals surface area contributed by atoms with Gasteiger partial charge in [0.15, 0.2) is 11.0 Å². The minimum atomic E-state index is -0.365. The average molecular weight is 415 g/mol. The predicted octanol–water partition coefficient (Wildman–Crippen LogP) is 4.06. The first-order valence-electron chi connectivity index (χ1n) is 9.64. The smallest absolute Gasteiger partial charge is 0.258 e. The Morgan fingerprint density at radius 3 is 2.97 bits per heavy atom. The fourth-order valence-corrected chi connectivity index (χ4v) is 4.13. The molecule has 0 spiro atoms. The van der Waals surface area contributed by atoms with Gasteiger partial charge in [-0.25, -0.2) is 9.37 Å². The molecule has 9 heteroatoms. The van der Waals surface area contributed by atoms with Crippen LogP contribution in [0.3, 0.4) is 0 Å². The molecule has 1 saturated heterocycles. The van der Waals surface area contributed by atoms with E-state index >= 15 is 0 Å². The van der Waals surface area contributed by atoms with Crippen LogP contribution in [0.25, 0.3) is 11.5 Å². The first-order valence-corrected chi connectivity index (χ1v) is 10.5. The van der Waals surface area contributed by atoms with Crippen LogP contribution < -0.4 is 10.2 Å². The number of amides is 1. The Balaban J connectivity index is 1.46. The van der Waals surface area contributed by atoms with Gasteiger partial charge in [-0.1, -0.05) is 12.1 Å². The number of thiazole rings is 1. The van der Waals surface area contributed by atoms with Crippen LogP contribution in [0.5, 0.6) is 0 Å². The van der Waals surface area contributed by atoms with Crippen molar-refractivity contribution < 1.29 is 13.7 Å². The van der Waals surface area contributed by atoms with Crippen molar-refractivity contribution in [2.75, 3.05) is 23.3 Å². The highest BCUT2D eigenvalue weighted by atomic mass is 32.1. The van der Waals surface area contributed by atoms with Crippen LogP contribution in [0, 0.1) is 18.7 Å². The van der Waals surface area contributed by atoms with E-state index in [0.717, 1.165) is 18.5 Å². The molecule has 29 heavy (non-hydrogen) atoms. The van der Waals surface area contributed by atoms with Gasteiger partial charge in [0.1, 0.15) is 5.82 Å². The molecule has 1 fully saturated rings. The van der Waals surface area contributed by atoms with Gasteiger partial charge in [-0.05, 0) is 38.0 Å². The van der Waals surface area contributed by atoms with E-state index in [1.54, 1.807) is 12.1 Å². The highest BCUT2D eigenvalue weighted by Crippen LogP contribution is 2.30. The van der Waals surface area contributed by atoms with Crippen LogP contribution in [-0.4, -0.2) is 34.1 Å². The maximum Gasteiger partial charge on any atom is 0.258 e. The molecule has 1 aliphatic heterocycles. The van der Waals surface area contributed by atoms with Crippen molar-refractivity contribution in [1.82, 2.24) is 15.1 Å². The normalized spacial score (nSPS) is 16.8. The predicted molar refractivity (Wildman–Crippen MR) is 109 cm³/mol. The number of carbonyl (C=O) groups is 1. The molecule has 0 bridgehead atoms. The summed E-state index contributed by atoms with van der Waals surface area (Å²) in [6, 6.07) is 4.89. The Morgan fingerprint density at radius 1 is 1.41 bits per heavy atom. The van der Waals surface area contributed by atoms with Gasteiger partial charge in [-0.15, -0.1) is 11.3 Å².